The molecule has 98 valence electrons. The lowest BCUT2D eigenvalue weighted by Gasteiger charge is -2.28. The number of anilines is 1. The van der Waals surface area contributed by atoms with Crippen LogP contribution in [0.1, 0.15) is 19.8 Å². The highest BCUT2D eigenvalue weighted by atomic mass is 16.6. The summed E-state index contributed by atoms with van der Waals surface area (Å²) < 4.78 is 0. The average Bonchev–Trinajstić information content (AvgIpc) is 2.40. The lowest BCUT2D eigenvalue weighted by atomic mass is 9.93. The molecule has 1 fully saturated rings. The normalized spacial score (nSPS) is 21.3. The Morgan fingerprint density at radius 1 is 1.56 bits per heavy atom. The van der Waals surface area contributed by atoms with Crippen molar-refractivity contribution in [2.45, 2.75) is 25.8 Å². The van der Waals surface area contributed by atoms with E-state index in [1.54, 1.807) is 0 Å². The molecule has 0 amide bonds. The first-order valence-corrected chi connectivity index (χ1v) is 6.10. The van der Waals surface area contributed by atoms with Crippen molar-refractivity contribution in [2.24, 2.45) is 5.92 Å². The molecular weight excluding hydrogens is 234 g/mol. The Bertz CT molecular complexity index is 402. The fraction of sp³-hybridized carbons (Fsp3) is 0.636. The summed E-state index contributed by atoms with van der Waals surface area (Å²) in [6, 6.07) is 0.249. The number of nitrogens with zero attached hydrogens (tertiary/aromatic N) is 3. The Kier molecular flexibility index (Phi) is 4.03. The van der Waals surface area contributed by atoms with Crippen molar-refractivity contribution in [3.05, 3.63) is 22.5 Å². The van der Waals surface area contributed by atoms with Crippen LogP contribution in [0.2, 0.25) is 0 Å². The second-order valence-electron chi connectivity index (χ2n) is 4.56. The fourth-order valence-electron chi connectivity index (χ4n) is 2.12. The van der Waals surface area contributed by atoms with E-state index in [4.69, 9.17) is 0 Å². The van der Waals surface area contributed by atoms with Gasteiger partial charge in [0.25, 0.3) is 0 Å². The van der Waals surface area contributed by atoms with E-state index in [0.717, 1.165) is 13.1 Å². The summed E-state index contributed by atoms with van der Waals surface area (Å²) in [5.74, 6) is 0.983. The summed E-state index contributed by atoms with van der Waals surface area (Å²) in [7, 11) is 0. The standard InChI is InChI=1S/C11H17N5O2/c1-8(9-3-2-4-12-5-9)15-11-13-6-10(7-14-11)16(17)18/h6-9,12H,2-5H2,1H3,(H,13,14,15). The molecule has 0 spiro atoms. The molecule has 2 atom stereocenters. The molecule has 1 aliphatic rings. The first kappa shape index (κ1) is 12.7. The molecule has 2 N–H and O–H groups in total. The van der Waals surface area contributed by atoms with Crippen LogP contribution in [-0.4, -0.2) is 34.0 Å². The van der Waals surface area contributed by atoms with Crippen molar-refractivity contribution >= 4 is 11.6 Å². The zero-order valence-electron chi connectivity index (χ0n) is 10.3. The van der Waals surface area contributed by atoms with Gasteiger partial charge >= 0.3 is 5.69 Å². The van der Waals surface area contributed by atoms with Crippen LogP contribution in [0.4, 0.5) is 11.6 Å². The van der Waals surface area contributed by atoms with E-state index in [1.165, 1.54) is 25.2 Å². The van der Waals surface area contributed by atoms with Crippen LogP contribution < -0.4 is 10.6 Å². The minimum absolute atomic E-state index is 0.0902. The molecule has 1 aliphatic heterocycles. The summed E-state index contributed by atoms with van der Waals surface area (Å²) >= 11 is 0. The molecule has 1 saturated heterocycles. The number of aromatic nitrogens is 2. The van der Waals surface area contributed by atoms with Crippen LogP contribution in [0.3, 0.4) is 0 Å². The number of piperidine rings is 1. The van der Waals surface area contributed by atoms with Crippen LogP contribution in [0.25, 0.3) is 0 Å². The zero-order chi connectivity index (χ0) is 13.0. The molecule has 7 nitrogen and oxygen atoms in total. The Morgan fingerprint density at radius 3 is 2.83 bits per heavy atom. The van der Waals surface area contributed by atoms with E-state index in [9.17, 15) is 10.1 Å². The molecule has 0 bridgehead atoms. The van der Waals surface area contributed by atoms with Gasteiger partial charge in [-0.05, 0) is 38.8 Å². The van der Waals surface area contributed by atoms with Gasteiger partial charge in [-0.15, -0.1) is 0 Å². The van der Waals surface area contributed by atoms with Crippen molar-refractivity contribution in [2.75, 3.05) is 18.4 Å². The van der Waals surface area contributed by atoms with Crippen molar-refractivity contribution < 1.29 is 4.92 Å². The lowest BCUT2D eigenvalue weighted by Crippen LogP contribution is -2.39. The molecule has 2 heterocycles. The van der Waals surface area contributed by atoms with Gasteiger partial charge in [0.1, 0.15) is 12.4 Å². The maximum Gasteiger partial charge on any atom is 0.305 e. The third kappa shape index (κ3) is 3.13. The zero-order valence-corrected chi connectivity index (χ0v) is 10.3. The first-order chi connectivity index (χ1) is 8.66. The second kappa shape index (κ2) is 5.72. The van der Waals surface area contributed by atoms with Gasteiger partial charge in [0.05, 0.1) is 4.92 Å². The SMILES string of the molecule is CC(Nc1ncc([N+](=O)[O-])cn1)C1CCCNC1. The van der Waals surface area contributed by atoms with Gasteiger partial charge < -0.3 is 10.6 Å². The van der Waals surface area contributed by atoms with Gasteiger partial charge in [-0.1, -0.05) is 0 Å². The number of rotatable bonds is 4. The van der Waals surface area contributed by atoms with Gasteiger partial charge in [-0.3, -0.25) is 10.1 Å². The summed E-state index contributed by atoms with van der Waals surface area (Å²) in [5.41, 5.74) is -0.0902. The summed E-state index contributed by atoms with van der Waals surface area (Å²) in [4.78, 5) is 17.9. The fourth-order valence-corrected chi connectivity index (χ4v) is 2.12. The highest BCUT2D eigenvalue weighted by Gasteiger charge is 2.20. The van der Waals surface area contributed by atoms with E-state index in [2.05, 4.69) is 27.5 Å². The largest absolute Gasteiger partial charge is 0.351 e. The second-order valence-corrected chi connectivity index (χ2v) is 4.56. The van der Waals surface area contributed by atoms with Crippen LogP contribution in [0, 0.1) is 16.0 Å². The predicted octanol–water partition coefficient (Wildman–Crippen LogP) is 1.18. The molecule has 0 aliphatic carbocycles. The molecule has 7 heteroatoms. The van der Waals surface area contributed by atoms with Crippen molar-refractivity contribution in [1.82, 2.24) is 15.3 Å². The third-order valence-electron chi connectivity index (χ3n) is 3.25. The molecule has 18 heavy (non-hydrogen) atoms. The lowest BCUT2D eigenvalue weighted by molar-refractivity contribution is -0.385. The van der Waals surface area contributed by atoms with E-state index >= 15 is 0 Å². The molecule has 1 aromatic heterocycles. The maximum absolute atomic E-state index is 10.5. The number of hydrogen-bond donors (Lipinski definition) is 2. The van der Waals surface area contributed by atoms with Crippen molar-refractivity contribution in [1.29, 1.82) is 0 Å². The van der Waals surface area contributed by atoms with E-state index in [-0.39, 0.29) is 11.7 Å². The third-order valence-corrected chi connectivity index (χ3v) is 3.25. The predicted molar refractivity (Wildman–Crippen MR) is 67.4 cm³/mol. The minimum Gasteiger partial charge on any atom is -0.351 e. The topological polar surface area (TPSA) is 93.0 Å². The number of hydrogen-bond acceptors (Lipinski definition) is 6. The van der Waals surface area contributed by atoms with Crippen LogP contribution in [-0.2, 0) is 0 Å². The number of nitro groups is 1. The Morgan fingerprint density at radius 2 is 2.28 bits per heavy atom. The first-order valence-electron chi connectivity index (χ1n) is 6.10. The molecule has 0 saturated carbocycles. The van der Waals surface area contributed by atoms with Crippen molar-refractivity contribution in [3.8, 4) is 0 Å². The van der Waals surface area contributed by atoms with Gasteiger partial charge in [0.15, 0.2) is 0 Å². The quantitative estimate of drug-likeness (QED) is 0.616. The highest BCUT2D eigenvalue weighted by Crippen LogP contribution is 2.17. The molecule has 2 unspecified atom stereocenters. The molecule has 2 rings (SSSR count). The smallest absolute Gasteiger partial charge is 0.305 e. The van der Waals surface area contributed by atoms with Gasteiger partial charge in [-0.2, -0.15) is 0 Å². The molecule has 1 aromatic rings. The summed E-state index contributed by atoms with van der Waals surface area (Å²) in [5, 5.41) is 17.0. The average molecular weight is 251 g/mol. The minimum atomic E-state index is -0.502. The van der Waals surface area contributed by atoms with Gasteiger partial charge in [0.2, 0.25) is 5.95 Å². The Labute approximate surface area is 105 Å². The highest BCUT2D eigenvalue weighted by molar-refractivity contribution is 5.31. The summed E-state index contributed by atoms with van der Waals surface area (Å²) in [6.45, 7) is 4.15. The van der Waals surface area contributed by atoms with Crippen LogP contribution in [0.5, 0.6) is 0 Å². The van der Waals surface area contributed by atoms with Crippen molar-refractivity contribution in [3.63, 3.8) is 0 Å². The monoisotopic (exact) mass is 251 g/mol. The molecular formula is C11H17N5O2. The Hall–Kier alpha value is -1.76. The van der Waals surface area contributed by atoms with Gasteiger partial charge in [-0.25, -0.2) is 9.97 Å². The van der Waals surface area contributed by atoms with E-state index < -0.39 is 4.92 Å². The molecule has 0 radical (unpaired) electrons. The van der Waals surface area contributed by atoms with Crippen LogP contribution >= 0.6 is 0 Å². The van der Waals surface area contributed by atoms with Gasteiger partial charge in [0, 0.05) is 6.04 Å². The van der Waals surface area contributed by atoms with Crippen LogP contribution in [0.15, 0.2) is 12.4 Å². The number of nitrogens with one attached hydrogen (secondary N) is 2. The molecule has 0 aromatic carbocycles. The Balaban J connectivity index is 1.93. The van der Waals surface area contributed by atoms with E-state index in [0.29, 0.717) is 11.9 Å². The summed E-state index contributed by atoms with van der Waals surface area (Å²) in [6.07, 6.45) is 4.80. The maximum atomic E-state index is 10.5. The van der Waals surface area contributed by atoms with E-state index in [1.807, 2.05) is 0 Å².